The lowest BCUT2D eigenvalue weighted by Gasteiger charge is -2.15. The Morgan fingerprint density at radius 2 is 1.95 bits per heavy atom. The smallest absolute Gasteiger partial charge is 0.227 e. The first kappa shape index (κ1) is 15.2. The van der Waals surface area contributed by atoms with Crippen molar-refractivity contribution < 1.29 is 13.5 Å². The molecule has 1 rings (SSSR count). The summed E-state index contributed by atoms with van der Waals surface area (Å²) in [6.07, 6.45) is 0. The van der Waals surface area contributed by atoms with E-state index in [0.717, 1.165) is 15.4 Å². The summed E-state index contributed by atoms with van der Waals surface area (Å²) in [6.45, 7) is 0.00855. The Hall–Kier alpha value is -1.86. The predicted molar refractivity (Wildman–Crippen MR) is 71.3 cm³/mol. The molecule has 5 nitrogen and oxygen atoms in total. The second-order valence-electron chi connectivity index (χ2n) is 3.83. The molecule has 0 fully saturated rings. The summed E-state index contributed by atoms with van der Waals surface area (Å²) >= 11 is 0. The van der Waals surface area contributed by atoms with E-state index >= 15 is 0 Å². The maximum Gasteiger partial charge on any atom is 0.227 e. The number of aliphatic hydroxyl groups excluding tert-OH is 1. The minimum Gasteiger partial charge on any atom is -0.384 e. The highest BCUT2D eigenvalue weighted by Crippen LogP contribution is 2.09. The van der Waals surface area contributed by atoms with Crippen molar-refractivity contribution in [2.75, 3.05) is 19.4 Å². The highest BCUT2D eigenvalue weighted by atomic mass is 32.2. The highest BCUT2D eigenvalue weighted by Gasteiger charge is 2.17. The fourth-order valence-corrected chi connectivity index (χ4v) is 2.11. The molecule has 0 saturated carbocycles. The zero-order valence-electron chi connectivity index (χ0n) is 10.5. The lowest BCUT2D eigenvalue weighted by atomic mass is 10.1. The van der Waals surface area contributed by atoms with Gasteiger partial charge in [-0.2, -0.15) is 9.57 Å². The first-order chi connectivity index (χ1) is 8.99. The fourth-order valence-electron chi connectivity index (χ4n) is 1.38. The van der Waals surface area contributed by atoms with Gasteiger partial charge in [0, 0.05) is 19.2 Å². The molecule has 0 atom stereocenters. The van der Waals surface area contributed by atoms with E-state index < -0.39 is 15.8 Å². The van der Waals surface area contributed by atoms with E-state index in [9.17, 15) is 8.42 Å². The normalized spacial score (nSPS) is 10.6. The van der Waals surface area contributed by atoms with Crippen LogP contribution in [0.1, 0.15) is 11.1 Å². The van der Waals surface area contributed by atoms with E-state index in [4.69, 9.17) is 10.4 Å². The summed E-state index contributed by atoms with van der Waals surface area (Å²) in [5, 5.41) is 17.0. The van der Waals surface area contributed by atoms with Gasteiger partial charge in [0.25, 0.3) is 0 Å². The molecule has 100 valence electrons. The third-order valence-electron chi connectivity index (χ3n) is 2.39. The van der Waals surface area contributed by atoms with Crippen LogP contribution in [0.2, 0.25) is 0 Å². The number of hydrogen-bond donors (Lipinski definition) is 1. The van der Waals surface area contributed by atoms with Crippen LogP contribution < -0.4 is 0 Å². The van der Waals surface area contributed by atoms with Crippen LogP contribution in [0.25, 0.3) is 0 Å². The maximum atomic E-state index is 11.6. The predicted octanol–water partition coefficient (Wildman–Crippen LogP) is 0.316. The number of sulfonamides is 1. The number of nitriles is 1. The number of benzene rings is 1. The lowest BCUT2D eigenvalue weighted by molar-refractivity contribution is 0.350. The summed E-state index contributed by atoms with van der Waals surface area (Å²) in [7, 11) is -2.08. The van der Waals surface area contributed by atoms with Crippen molar-refractivity contribution in [2.24, 2.45) is 0 Å². The Morgan fingerprint density at radius 1 is 1.32 bits per heavy atom. The number of rotatable bonds is 4. The second kappa shape index (κ2) is 6.91. The van der Waals surface area contributed by atoms with E-state index in [0.29, 0.717) is 0 Å². The van der Waals surface area contributed by atoms with E-state index in [1.54, 1.807) is 30.3 Å². The topological polar surface area (TPSA) is 81.4 Å². The molecule has 1 aromatic carbocycles. The van der Waals surface area contributed by atoms with Crippen LogP contribution in [0.5, 0.6) is 0 Å². The molecule has 0 aliphatic rings. The summed E-state index contributed by atoms with van der Waals surface area (Å²) in [5.41, 5.74) is 1.55. The first-order valence-corrected chi connectivity index (χ1v) is 7.10. The van der Waals surface area contributed by atoms with Crippen LogP contribution in [0.3, 0.4) is 0 Å². The van der Waals surface area contributed by atoms with E-state index in [1.165, 1.54) is 7.05 Å². The van der Waals surface area contributed by atoms with Gasteiger partial charge in [-0.3, -0.25) is 0 Å². The van der Waals surface area contributed by atoms with Crippen LogP contribution in [0.4, 0.5) is 0 Å². The molecular formula is C13H14N2O3S. The highest BCUT2D eigenvalue weighted by molar-refractivity contribution is 7.89. The lowest BCUT2D eigenvalue weighted by Crippen LogP contribution is -2.28. The van der Waals surface area contributed by atoms with E-state index in [1.807, 2.05) is 0 Å². The van der Waals surface area contributed by atoms with Gasteiger partial charge in [-0.1, -0.05) is 24.0 Å². The average Bonchev–Trinajstić information content (AvgIpc) is 2.38. The zero-order valence-corrected chi connectivity index (χ0v) is 11.3. The Bertz CT molecular complexity index is 619. The molecule has 0 bridgehead atoms. The van der Waals surface area contributed by atoms with Crippen molar-refractivity contribution in [1.29, 1.82) is 5.26 Å². The maximum absolute atomic E-state index is 11.6. The van der Waals surface area contributed by atoms with Gasteiger partial charge in [0.05, 0.1) is 6.07 Å². The number of aliphatic hydroxyl groups is 1. The molecule has 0 saturated heterocycles. The van der Waals surface area contributed by atoms with Crippen molar-refractivity contribution in [2.45, 2.75) is 6.54 Å². The summed E-state index contributed by atoms with van der Waals surface area (Å²) in [5.74, 6) is 4.76. The number of nitrogens with zero attached hydrogens (tertiary/aromatic N) is 2. The molecule has 6 heteroatoms. The van der Waals surface area contributed by atoms with Crippen molar-refractivity contribution in [3.05, 3.63) is 35.4 Å². The molecule has 1 aromatic rings. The average molecular weight is 278 g/mol. The summed E-state index contributed by atoms with van der Waals surface area (Å²) < 4.78 is 24.3. The van der Waals surface area contributed by atoms with Gasteiger partial charge in [-0.25, -0.2) is 8.42 Å². The molecule has 0 unspecified atom stereocenters. The Morgan fingerprint density at radius 3 is 2.47 bits per heavy atom. The molecule has 0 amide bonds. The second-order valence-corrected chi connectivity index (χ2v) is 5.90. The van der Waals surface area contributed by atoms with Crippen LogP contribution >= 0.6 is 0 Å². The first-order valence-electron chi connectivity index (χ1n) is 5.49. The van der Waals surface area contributed by atoms with Crippen LogP contribution in [0, 0.1) is 23.2 Å². The Balaban J connectivity index is 2.76. The molecular weight excluding hydrogens is 264 g/mol. The van der Waals surface area contributed by atoms with Crippen molar-refractivity contribution in [1.82, 2.24) is 4.31 Å². The molecule has 1 N–H and O–H groups in total. The van der Waals surface area contributed by atoms with Gasteiger partial charge < -0.3 is 5.11 Å². The molecule has 19 heavy (non-hydrogen) atoms. The van der Waals surface area contributed by atoms with Crippen LogP contribution in [-0.4, -0.2) is 37.2 Å². The van der Waals surface area contributed by atoms with E-state index in [-0.39, 0.29) is 13.2 Å². The fraction of sp³-hybridized carbons (Fsp3) is 0.308. The quantitative estimate of drug-likeness (QED) is 0.804. The molecule has 0 aliphatic heterocycles. The monoisotopic (exact) mass is 278 g/mol. The molecule has 0 radical (unpaired) electrons. The van der Waals surface area contributed by atoms with Crippen molar-refractivity contribution in [3.63, 3.8) is 0 Å². The minimum absolute atomic E-state index is 0.198. The zero-order chi connectivity index (χ0) is 14.3. The van der Waals surface area contributed by atoms with Crippen LogP contribution in [-0.2, 0) is 16.6 Å². The van der Waals surface area contributed by atoms with Gasteiger partial charge in [0.1, 0.15) is 6.61 Å². The van der Waals surface area contributed by atoms with Gasteiger partial charge in [0.2, 0.25) is 10.0 Å². The van der Waals surface area contributed by atoms with Gasteiger partial charge in [-0.15, -0.1) is 0 Å². The summed E-state index contributed by atoms with van der Waals surface area (Å²) in [4.78, 5) is 0. The molecule has 0 heterocycles. The van der Waals surface area contributed by atoms with Gasteiger partial charge in [0.15, 0.2) is 5.75 Å². The van der Waals surface area contributed by atoms with Crippen LogP contribution in [0.15, 0.2) is 24.3 Å². The van der Waals surface area contributed by atoms with Gasteiger partial charge >= 0.3 is 0 Å². The van der Waals surface area contributed by atoms with Crippen molar-refractivity contribution >= 4 is 10.0 Å². The Labute approximate surface area is 113 Å². The molecule has 0 aromatic heterocycles. The largest absolute Gasteiger partial charge is 0.384 e. The van der Waals surface area contributed by atoms with Gasteiger partial charge in [-0.05, 0) is 17.7 Å². The number of hydrogen-bond acceptors (Lipinski definition) is 4. The Kier molecular flexibility index (Phi) is 5.53. The minimum atomic E-state index is -3.52. The third kappa shape index (κ3) is 4.72. The summed E-state index contributed by atoms with van der Waals surface area (Å²) in [6, 6.07) is 8.67. The van der Waals surface area contributed by atoms with Crippen molar-refractivity contribution in [3.8, 4) is 17.9 Å². The SMILES string of the molecule is CN(Cc1ccc(C#CCO)cc1)S(=O)(=O)CC#N. The molecule has 0 spiro atoms. The third-order valence-corrected chi connectivity index (χ3v) is 3.97. The molecule has 0 aliphatic carbocycles. The standard InChI is InChI=1S/C13H14N2O3S/c1-15(19(17,18)10-8-14)11-13-6-4-12(5-7-13)3-2-9-16/h4-7,16H,9-11H2,1H3. The van der Waals surface area contributed by atoms with E-state index in [2.05, 4.69) is 11.8 Å².